The van der Waals surface area contributed by atoms with E-state index in [9.17, 15) is 26.4 Å². The summed E-state index contributed by atoms with van der Waals surface area (Å²) in [5.74, 6) is -1.26. The van der Waals surface area contributed by atoms with E-state index in [1.165, 1.54) is 25.3 Å². The smallest absolute Gasteiger partial charge is 0.244 e. The fraction of sp³-hybridized carbons (Fsp3) is 0.312. The van der Waals surface area contributed by atoms with Crippen molar-refractivity contribution in [3.63, 3.8) is 0 Å². The Morgan fingerprint density at radius 3 is 2.63 bits per heavy atom. The number of hydrogen-bond acceptors (Lipinski definition) is 9. The molecule has 0 aliphatic carbocycles. The quantitative estimate of drug-likeness (QED) is 0.580. The zero-order chi connectivity index (χ0) is 22.1. The van der Waals surface area contributed by atoms with E-state index >= 15 is 0 Å². The normalized spacial score (nSPS) is 15.9. The number of methoxy groups -OCH3 is 1. The van der Waals surface area contributed by atoms with Gasteiger partial charge >= 0.3 is 0 Å². The fourth-order valence-electron chi connectivity index (χ4n) is 2.72. The van der Waals surface area contributed by atoms with Gasteiger partial charge in [0.1, 0.15) is 16.4 Å². The van der Waals surface area contributed by atoms with E-state index in [0.29, 0.717) is 10.1 Å². The van der Waals surface area contributed by atoms with Crippen molar-refractivity contribution in [2.24, 2.45) is 0 Å². The number of nitrogens with zero attached hydrogens (tertiary/aromatic N) is 2. The van der Waals surface area contributed by atoms with Crippen molar-refractivity contribution < 1.29 is 35.7 Å². The molecule has 0 atom stereocenters. The summed E-state index contributed by atoms with van der Waals surface area (Å²) in [7, 11) is -6.96. The number of nitrogens with one attached hydrogen (secondary N) is 2. The first-order chi connectivity index (χ1) is 14.0. The third-order valence-corrected chi connectivity index (χ3v) is 7.18. The predicted molar refractivity (Wildman–Crippen MR) is 104 cm³/mol. The van der Waals surface area contributed by atoms with Gasteiger partial charge in [0.15, 0.2) is 5.82 Å². The highest BCUT2D eigenvalue weighted by atomic mass is 32.2. The summed E-state index contributed by atoms with van der Waals surface area (Å²) in [5.41, 5.74) is -0.138. The van der Waals surface area contributed by atoms with Crippen molar-refractivity contribution in [3.8, 4) is 5.75 Å². The summed E-state index contributed by atoms with van der Waals surface area (Å²) in [4.78, 5) is 23.5. The number of rotatable bonds is 7. The minimum absolute atomic E-state index is 0.0946. The number of amides is 2. The van der Waals surface area contributed by atoms with E-state index < -0.39 is 43.3 Å². The standard InChI is InChI=1S/C16H18N4O8S2/c1-10-7-14(19-28-10)18-15(21)9-17-30(25,26)13-8-11(3-4-12(13)27-2)20-16(22)5-6-29(20,23)24/h3-4,7-8,17H,5-6,9H2,1-2H3,(H,18,19,21). The Balaban J connectivity index is 1.83. The summed E-state index contributed by atoms with van der Waals surface area (Å²) >= 11 is 0. The molecule has 0 bridgehead atoms. The molecule has 1 saturated heterocycles. The first kappa shape index (κ1) is 21.7. The highest BCUT2D eigenvalue weighted by molar-refractivity contribution is 7.94. The fourth-order valence-corrected chi connectivity index (χ4v) is 5.34. The van der Waals surface area contributed by atoms with Gasteiger partial charge in [-0.3, -0.25) is 9.59 Å². The van der Waals surface area contributed by atoms with Crippen LogP contribution in [0.3, 0.4) is 0 Å². The molecule has 2 heterocycles. The second-order valence-electron chi connectivity index (χ2n) is 6.25. The SMILES string of the molecule is COc1ccc(N2C(=O)CCS2(=O)=O)cc1S(=O)(=O)NCC(=O)Nc1cc(C)on1. The lowest BCUT2D eigenvalue weighted by Crippen LogP contribution is -2.33. The Bertz CT molecular complexity index is 1200. The van der Waals surface area contributed by atoms with E-state index in [-0.39, 0.29) is 29.4 Å². The van der Waals surface area contributed by atoms with Crippen LogP contribution in [0.4, 0.5) is 11.5 Å². The van der Waals surface area contributed by atoms with Gasteiger partial charge in [-0.1, -0.05) is 5.16 Å². The average Bonchev–Trinajstić information content (AvgIpc) is 3.21. The molecule has 30 heavy (non-hydrogen) atoms. The number of anilines is 2. The maximum Gasteiger partial charge on any atom is 0.244 e. The van der Waals surface area contributed by atoms with Crippen LogP contribution in [0.25, 0.3) is 0 Å². The van der Waals surface area contributed by atoms with Crippen molar-refractivity contribution in [1.29, 1.82) is 0 Å². The largest absolute Gasteiger partial charge is 0.495 e. The first-order valence-electron chi connectivity index (χ1n) is 8.50. The number of sulfonamides is 2. The van der Waals surface area contributed by atoms with E-state index in [0.717, 1.165) is 6.07 Å². The van der Waals surface area contributed by atoms with Gasteiger partial charge in [0.25, 0.3) is 0 Å². The molecule has 3 rings (SSSR count). The average molecular weight is 458 g/mol. The molecule has 14 heteroatoms. The van der Waals surface area contributed by atoms with Crippen molar-refractivity contribution in [1.82, 2.24) is 9.88 Å². The summed E-state index contributed by atoms with van der Waals surface area (Å²) in [6, 6.07) is 4.94. The molecule has 1 aromatic heterocycles. The summed E-state index contributed by atoms with van der Waals surface area (Å²) in [5, 5.41) is 5.92. The van der Waals surface area contributed by atoms with Crippen molar-refractivity contribution >= 4 is 43.4 Å². The van der Waals surface area contributed by atoms with Crippen LogP contribution in [-0.2, 0) is 29.6 Å². The Hall–Kier alpha value is -2.97. The van der Waals surface area contributed by atoms with Crippen LogP contribution in [0, 0.1) is 6.92 Å². The van der Waals surface area contributed by atoms with E-state index in [4.69, 9.17) is 9.26 Å². The van der Waals surface area contributed by atoms with Crippen LogP contribution in [0.2, 0.25) is 0 Å². The second-order valence-corrected chi connectivity index (χ2v) is 9.93. The Kier molecular flexibility index (Phi) is 5.83. The molecule has 0 saturated carbocycles. The molecular weight excluding hydrogens is 440 g/mol. The maximum absolute atomic E-state index is 12.7. The molecule has 1 aliphatic heterocycles. The first-order valence-corrected chi connectivity index (χ1v) is 11.6. The number of aromatic nitrogens is 1. The maximum atomic E-state index is 12.7. The van der Waals surface area contributed by atoms with Gasteiger partial charge in [-0.15, -0.1) is 0 Å². The van der Waals surface area contributed by atoms with Gasteiger partial charge in [-0.2, -0.15) is 0 Å². The third kappa shape index (κ3) is 4.44. The Morgan fingerprint density at radius 2 is 2.07 bits per heavy atom. The number of ether oxygens (including phenoxy) is 1. The topological polar surface area (TPSA) is 165 Å². The molecule has 162 valence electrons. The molecule has 2 aromatic rings. The van der Waals surface area contributed by atoms with Crippen molar-refractivity contribution in [3.05, 3.63) is 30.0 Å². The molecule has 2 amide bonds. The van der Waals surface area contributed by atoms with E-state index in [1.807, 2.05) is 0 Å². The molecule has 1 aliphatic rings. The van der Waals surface area contributed by atoms with Gasteiger partial charge in [0.05, 0.1) is 25.1 Å². The minimum Gasteiger partial charge on any atom is -0.495 e. The predicted octanol–water partition coefficient (Wildman–Crippen LogP) is -0.0249. The van der Waals surface area contributed by atoms with E-state index in [1.54, 1.807) is 6.92 Å². The van der Waals surface area contributed by atoms with Crippen molar-refractivity contribution in [2.45, 2.75) is 18.2 Å². The number of carbonyl (C=O) groups is 2. The van der Waals surface area contributed by atoms with Gasteiger partial charge < -0.3 is 14.6 Å². The molecule has 1 fully saturated rings. The Morgan fingerprint density at radius 1 is 1.33 bits per heavy atom. The molecule has 0 radical (unpaired) electrons. The van der Waals surface area contributed by atoms with Gasteiger partial charge in [0, 0.05) is 12.5 Å². The zero-order valence-electron chi connectivity index (χ0n) is 15.9. The number of aryl methyl sites for hydroxylation is 1. The summed E-state index contributed by atoms with van der Waals surface area (Å²) in [6.07, 6.45) is -0.198. The monoisotopic (exact) mass is 458 g/mol. The van der Waals surface area contributed by atoms with Crippen LogP contribution < -0.4 is 19.1 Å². The van der Waals surface area contributed by atoms with Crippen LogP contribution in [-0.4, -0.2) is 53.2 Å². The van der Waals surface area contributed by atoms with Gasteiger partial charge in [0.2, 0.25) is 31.9 Å². The molecular formula is C16H18N4O8S2. The molecule has 12 nitrogen and oxygen atoms in total. The number of benzene rings is 1. The number of carbonyl (C=O) groups excluding carboxylic acids is 2. The van der Waals surface area contributed by atoms with Gasteiger partial charge in [-0.05, 0) is 25.1 Å². The van der Waals surface area contributed by atoms with Crippen LogP contribution in [0.15, 0.2) is 33.7 Å². The lowest BCUT2D eigenvalue weighted by atomic mass is 10.3. The minimum atomic E-state index is -4.30. The summed E-state index contributed by atoms with van der Waals surface area (Å²) < 4.78 is 62.2. The van der Waals surface area contributed by atoms with Crippen molar-refractivity contribution in [2.75, 3.05) is 29.0 Å². The van der Waals surface area contributed by atoms with Crippen LogP contribution in [0.5, 0.6) is 5.75 Å². The molecule has 0 spiro atoms. The third-order valence-electron chi connectivity index (χ3n) is 4.07. The molecule has 1 aromatic carbocycles. The second kappa shape index (κ2) is 8.04. The van der Waals surface area contributed by atoms with Crippen LogP contribution >= 0.6 is 0 Å². The van der Waals surface area contributed by atoms with Gasteiger partial charge in [-0.25, -0.2) is 25.9 Å². The lowest BCUT2D eigenvalue weighted by molar-refractivity contribution is -0.116. The number of hydrogen-bond donors (Lipinski definition) is 2. The highest BCUT2D eigenvalue weighted by Gasteiger charge is 2.37. The molecule has 0 unspecified atom stereocenters. The van der Waals surface area contributed by atoms with Crippen LogP contribution in [0.1, 0.15) is 12.2 Å². The molecule has 2 N–H and O–H groups in total. The zero-order valence-corrected chi connectivity index (χ0v) is 17.5. The van der Waals surface area contributed by atoms with E-state index in [2.05, 4.69) is 15.2 Å². The lowest BCUT2D eigenvalue weighted by Gasteiger charge is -2.17. The summed E-state index contributed by atoms with van der Waals surface area (Å²) in [6.45, 7) is 0.985. The highest BCUT2D eigenvalue weighted by Crippen LogP contribution is 2.32. The Labute approximate surface area is 172 Å².